The summed E-state index contributed by atoms with van der Waals surface area (Å²) in [6, 6.07) is 13.8. The Balaban J connectivity index is 1.48. The number of piperidine rings is 1. The number of non-ortho nitro benzene ring substituents is 1. The number of amides is 1. The summed E-state index contributed by atoms with van der Waals surface area (Å²) < 4.78 is 5.40. The highest BCUT2D eigenvalue weighted by atomic mass is 16.6. The van der Waals surface area contributed by atoms with Crippen molar-refractivity contribution in [3.8, 4) is 5.75 Å². The van der Waals surface area contributed by atoms with Gasteiger partial charge in [-0.2, -0.15) is 0 Å². The average molecular weight is 383 g/mol. The van der Waals surface area contributed by atoms with Crippen LogP contribution < -0.4 is 10.1 Å². The normalized spacial score (nSPS) is 14.4. The van der Waals surface area contributed by atoms with Gasteiger partial charge in [-0.15, -0.1) is 0 Å². The summed E-state index contributed by atoms with van der Waals surface area (Å²) in [6.07, 6.45) is 3.81. The molecule has 1 N–H and O–H groups in total. The summed E-state index contributed by atoms with van der Waals surface area (Å²) in [5.41, 5.74) is 2.33. The smallest absolute Gasteiger partial charge is 0.269 e. The van der Waals surface area contributed by atoms with Gasteiger partial charge >= 0.3 is 0 Å². The second-order valence-corrected chi connectivity index (χ2v) is 6.92. The molecule has 148 valence electrons. The van der Waals surface area contributed by atoms with E-state index in [9.17, 15) is 14.9 Å². The van der Waals surface area contributed by atoms with Crippen molar-refractivity contribution in [1.82, 2.24) is 10.2 Å². The number of nitrogens with zero attached hydrogens (tertiary/aromatic N) is 2. The van der Waals surface area contributed by atoms with Crippen LogP contribution in [-0.4, -0.2) is 35.4 Å². The minimum Gasteiger partial charge on any atom is -0.484 e. The molecule has 2 aromatic rings. The Morgan fingerprint density at radius 3 is 2.39 bits per heavy atom. The van der Waals surface area contributed by atoms with E-state index in [-0.39, 0.29) is 18.2 Å². The molecule has 0 saturated carbocycles. The molecule has 1 aliphatic rings. The van der Waals surface area contributed by atoms with Gasteiger partial charge in [0.25, 0.3) is 11.6 Å². The molecule has 0 atom stereocenters. The summed E-state index contributed by atoms with van der Waals surface area (Å²) in [4.78, 5) is 24.7. The molecule has 2 aromatic carbocycles. The molecule has 3 rings (SSSR count). The first kappa shape index (κ1) is 19.8. The number of rotatable bonds is 8. The van der Waals surface area contributed by atoms with E-state index in [4.69, 9.17) is 4.74 Å². The van der Waals surface area contributed by atoms with Crippen molar-refractivity contribution >= 4 is 11.6 Å². The Bertz CT molecular complexity index is 802. The van der Waals surface area contributed by atoms with E-state index in [1.165, 1.54) is 49.1 Å². The molecule has 1 fully saturated rings. The molecule has 1 aliphatic heterocycles. The van der Waals surface area contributed by atoms with Gasteiger partial charge in [-0.1, -0.05) is 30.7 Å². The third-order valence-electron chi connectivity index (χ3n) is 4.85. The van der Waals surface area contributed by atoms with Crippen molar-refractivity contribution in [3.63, 3.8) is 0 Å². The first-order valence-corrected chi connectivity index (χ1v) is 9.55. The molecule has 0 spiro atoms. The number of benzene rings is 2. The lowest BCUT2D eigenvalue weighted by molar-refractivity contribution is -0.384. The van der Waals surface area contributed by atoms with Crippen LogP contribution in [0, 0.1) is 10.1 Å². The van der Waals surface area contributed by atoms with E-state index < -0.39 is 4.92 Å². The SMILES string of the molecule is O=C(COc1ccc([N+](=O)[O-])cc1)NCc1ccccc1CN1CCCCC1. The lowest BCUT2D eigenvalue weighted by Gasteiger charge is -2.27. The summed E-state index contributed by atoms with van der Waals surface area (Å²) in [6.45, 7) is 3.48. The van der Waals surface area contributed by atoms with Gasteiger partial charge in [-0.3, -0.25) is 19.8 Å². The van der Waals surface area contributed by atoms with Gasteiger partial charge in [-0.05, 0) is 49.2 Å². The maximum absolute atomic E-state index is 12.1. The zero-order chi connectivity index (χ0) is 19.8. The van der Waals surface area contributed by atoms with Crippen LogP contribution in [0.15, 0.2) is 48.5 Å². The molecule has 1 heterocycles. The van der Waals surface area contributed by atoms with Gasteiger partial charge in [0.05, 0.1) is 4.92 Å². The monoisotopic (exact) mass is 383 g/mol. The maximum Gasteiger partial charge on any atom is 0.269 e. The topological polar surface area (TPSA) is 84.7 Å². The highest BCUT2D eigenvalue weighted by Crippen LogP contribution is 2.18. The van der Waals surface area contributed by atoms with Gasteiger partial charge in [0, 0.05) is 25.2 Å². The minimum absolute atomic E-state index is 0.0119. The molecular formula is C21H25N3O4. The van der Waals surface area contributed by atoms with Crippen LogP contribution >= 0.6 is 0 Å². The standard InChI is InChI=1S/C21H25N3O4/c25-21(16-28-20-10-8-19(9-11-20)24(26)27)22-14-17-6-2-3-7-18(17)15-23-12-4-1-5-13-23/h2-3,6-11H,1,4-5,12-16H2,(H,22,25). The Labute approximate surface area is 164 Å². The lowest BCUT2D eigenvalue weighted by Crippen LogP contribution is -2.31. The first-order valence-electron chi connectivity index (χ1n) is 9.55. The fourth-order valence-corrected chi connectivity index (χ4v) is 3.30. The van der Waals surface area contributed by atoms with Crippen LogP contribution in [0.4, 0.5) is 5.69 Å². The summed E-state index contributed by atoms with van der Waals surface area (Å²) in [5, 5.41) is 13.5. The van der Waals surface area contributed by atoms with Crippen molar-refractivity contribution in [2.24, 2.45) is 0 Å². The zero-order valence-electron chi connectivity index (χ0n) is 15.8. The van der Waals surface area contributed by atoms with E-state index in [0.29, 0.717) is 12.3 Å². The van der Waals surface area contributed by atoms with Crippen molar-refractivity contribution in [3.05, 3.63) is 69.8 Å². The molecule has 28 heavy (non-hydrogen) atoms. The largest absolute Gasteiger partial charge is 0.484 e. The van der Waals surface area contributed by atoms with Crippen LogP contribution in [0.5, 0.6) is 5.75 Å². The van der Waals surface area contributed by atoms with Gasteiger partial charge in [0.2, 0.25) is 0 Å². The van der Waals surface area contributed by atoms with E-state index in [1.807, 2.05) is 18.2 Å². The average Bonchev–Trinajstić information content (AvgIpc) is 2.72. The summed E-state index contributed by atoms with van der Waals surface area (Å²) in [7, 11) is 0. The molecule has 7 nitrogen and oxygen atoms in total. The minimum atomic E-state index is -0.474. The molecule has 0 bridgehead atoms. The van der Waals surface area contributed by atoms with Crippen LogP contribution in [-0.2, 0) is 17.9 Å². The molecule has 0 aliphatic carbocycles. The molecule has 7 heteroatoms. The molecule has 0 aromatic heterocycles. The molecule has 1 saturated heterocycles. The van der Waals surface area contributed by atoms with Crippen molar-refractivity contribution < 1.29 is 14.5 Å². The van der Waals surface area contributed by atoms with Crippen LogP contribution in [0.3, 0.4) is 0 Å². The Morgan fingerprint density at radius 1 is 1.04 bits per heavy atom. The summed E-state index contributed by atoms with van der Waals surface area (Å²) >= 11 is 0. The third-order valence-corrected chi connectivity index (χ3v) is 4.85. The Hall–Kier alpha value is -2.93. The summed E-state index contributed by atoms with van der Waals surface area (Å²) in [5.74, 6) is 0.192. The highest BCUT2D eigenvalue weighted by Gasteiger charge is 2.13. The molecule has 0 radical (unpaired) electrons. The number of hydrogen-bond donors (Lipinski definition) is 1. The van der Waals surface area contributed by atoms with Gasteiger partial charge in [-0.25, -0.2) is 0 Å². The predicted molar refractivity (Wildman–Crippen MR) is 106 cm³/mol. The van der Waals surface area contributed by atoms with E-state index in [1.54, 1.807) is 0 Å². The number of nitro groups is 1. The van der Waals surface area contributed by atoms with E-state index in [0.717, 1.165) is 25.2 Å². The fourth-order valence-electron chi connectivity index (χ4n) is 3.30. The second kappa shape index (κ2) is 9.85. The van der Waals surface area contributed by atoms with Crippen LogP contribution in [0.1, 0.15) is 30.4 Å². The second-order valence-electron chi connectivity index (χ2n) is 6.92. The van der Waals surface area contributed by atoms with Crippen LogP contribution in [0.25, 0.3) is 0 Å². The van der Waals surface area contributed by atoms with E-state index >= 15 is 0 Å². The van der Waals surface area contributed by atoms with Gasteiger partial charge < -0.3 is 10.1 Å². The number of ether oxygens (including phenoxy) is 1. The quantitative estimate of drug-likeness (QED) is 0.559. The number of nitrogens with one attached hydrogen (secondary N) is 1. The van der Waals surface area contributed by atoms with Crippen molar-refractivity contribution in [2.45, 2.75) is 32.4 Å². The predicted octanol–water partition coefficient (Wildman–Crippen LogP) is 3.28. The molecule has 1 amide bonds. The van der Waals surface area contributed by atoms with E-state index in [2.05, 4.69) is 16.3 Å². The van der Waals surface area contributed by atoms with Crippen LogP contribution in [0.2, 0.25) is 0 Å². The molecule has 0 unspecified atom stereocenters. The number of carbonyl (C=O) groups is 1. The number of carbonyl (C=O) groups excluding carboxylic acids is 1. The molecular weight excluding hydrogens is 358 g/mol. The van der Waals surface area contributed by atoms with Gasteiger partial charge in [0.1, 0.15) is 5.75 Å². The Morgan fingerprint density at radius 2 is 1.71 bits per heavy atom. The lowest BCUT2D eigenvalue weighted by atomic mass is 10.0. The maximum atomic E-state index is 12.1. The number of hydrogen-bond acceptors (Lipinski definition) is 5. The highest BCUT2D eigenvalue weighted by molar-refractivity contribution is 5.77. The number of nitro benzene ring substituents is 1. The number of likely N-dealkylation sites (tertiary alicyclic amines) is 1. The first-order chi connectivity index (χ1) is 13.6. The third kappa shape index (κ3) is 5.79. The zero-order valence-corrected chi connectivity index (χ0v) is 15.8. The van der Waals surface area contributed by atoms with Gasteiger partial charge in [0.15, 0.2) is 6.61 Å². The Kier molecular flexibility index (Phi) is 6.97. The van der Waals surface area contributed by atoms with Crippen molar-refractivity contribution in [1.29, 1.82) is 0 Å². The fraction of sp³-hybridized carbons (Fsp3) is 0.381. The van der Waals surface area contributed by atoms with Crippen molar-refractivity contribution in [2.75, 3.05) is 19.7 Å².